The number of rotatable bonds is 5. The van der Waals surface area contributed by atoms with Crippen molar-refractivity contribution < 1.29 is 4.42 Å². The van der Waals surface area contributed by atoms with Crippen molar-refractivity contribution in [3.05, 3.63) is 133 Å². The summed E-state index contributed by atoms with van der Waals surface area (Å²) in [5, 5.41) is 2.01. The Hall–Kier alpha value is -5.35. The number of aromatic nitrogens is 3. The van der Waals surface area contributed by atoms with Crippen LogP contribution >= 0.6 is 0 Å². The maximum atomic E-state index is 6.31. The van der Waals surface area contributed by atoms with Gasteiger partial charge in [0, 0.05) is 27.5 Å². The molecule has 40 heavy (non-hydrogen) atoms. The van der Waals surface area contributed by atoms with E-state index in [0.29, 0.717) is 17.5 Å². The molecule has 0 saturated heterocycles. The van der Waals surface area contributed by atoms with Gasteiger partial charge >= 0.3 is 0 Å². The molecule has 7 aromatic rings. The molecule has 4 heteroatoms. The first kappa shape index (κ1) is 23.7. The standard InChI is InChI=1S/C36H25N3O/c1-3-24-21-27(18-17-23(24)2)28-19-20-31-30(22-28)33-29(15-10-16-32(33)40-31)36-38-34(25-11-6-4-7-12-25)37-35(39-36)26-13-8-5-9-14-26/h3-22H,1H2,2H3. The minimum absolute atomic E-state index is 0.607. The molecule has 0 aliphatic rings. The fourth-order valence-corrected chi connectivity index (χ4v) is 5.16. The Bertz CT molecular complexity index is 1970. The lowest BCUT2D eigenvalue weighted by atomic mass is 9.97. The fraction of sp³-hybridized carbons (Fsp3) is 0.0278. The Morgan fingerprint density at radius 1 is 0.575 bits per heavy atom. The lowest BCUT2D eigenvalue weighted by Gasteiger charge is -2.09. The predicted molar refractivity (Wildman–Crippen MR) is 164 cm³/mol. The molecule has 0 amide bonds. The van der Waals surface area contributed by atoms with E-state index >= 15 is 0 Å². The summed E-state index contributed by atoms with van der Waals surface area (Å²) in [7, 11) is 0. The average molecular weight is 516 g/mol. The maximum absolute atomic E-state index is 6.31. The maximum Gasteiger partial charge on any atom is 0.164 e. The van der Waals surface area contributed by atoms with Crippen LogP contribution in [0.3, 0.4) is 0 Å². The SMILES string of the molecule is C=Cc1cc(-c2ccc3oc4cccc(-c5nc(-c6ccccc6)nc(-c6ccccc6)n5)c4c3c2)ccc1C. The van der Waals surface area contributed by atoms with E-state index in [1.807, 2.05) is 84.9 Å². The highest BCUT2D eigenvalue weighted by Crippen LogP contribution is 2.38. The molecule has 2 aromatic heterocycles. The molecule has 0 saturated carbocycles. The van der Waals surface area contributed by atoms with Crippen LogP contribution in [0.1, 0.15) is 11.1 Å². The highest BCUT2D eigenvalue weighted by Gasteiger charge is 2.18. The quantitative estimate of drug-likeness (QED) is 0.229. The third-order valence-electron chi connectivity index (χ3n) is 7.27. The van der Waals surface area contributed by atoms with Crippen molar-refractivity contribution >= 4 is 28.0 Å². The number of hydrogen-bond donors (Lipinski definition) is 0. The summed E-state index contributed by atoms with van der Waals surface area (Å²) in [6.45, 7) is 6.08. The molecule has 0 aliphatic carbocycles. The van der Waals surface area contributed by atoms with Gasteiger partial charge in [-0.25, -0.2) is 15.0 Å². The zero-order valence-corrected chi connectivity index (χ0v) is 22.0. The van der Waals surface area contributed by atoms with Crippen molar-refractivity contribution in [3.8, 4) is 45.3 Å². The summed E-state index contributed by atoms with van der Waals surface area (Å²) in [6, 6.07) is 38.9. The van der Waals surface area contributed by atoms with Crippen molar-refractivity contribution in [1.82, 2.24) is 15.0 Å². The summed E-state index contributed by atoms with van der Waals surface area (Å²) in [5.41, 5.74) is 8.97. The summed E-state index contributed by atoms with van der Waals surface area (Å²) in [6.07, 6.45) is 1.90. The first-order valence-corrected chi connectivity index (χ1v) is 13.2. The molecule has 0 radical (unpaired) electrons. The van der Waals surface area contributed by atoms with Crippen molar-refractivity contribution in [2.75, 3.05) is 0 Å². The Balaban J connectivity index is 1.47. The molecular formula is C36H25N3O. The van der Waals surface area contributed by atoms with Crippen LogP contribution < -0.4 is 0 Å². The van der Waals surface area contributed by atoms with Crippen LogP contribution in [0.25, 0.3) is 73.3 Å². The van der Waals surface area contributed by atoms with Crippen molar-refractivity contribution in [2.45, 2.75) is 6.92 Å². The highest BCUT2D eigenvalue weighted by molar-refractivity contribution is 6.12. The Morgan fingerprint density at radius 2 is 1.20 bits per heavy atom. The van der Waals surface area contributed by atoms with Gasteiger partial charge in [0.25, 0.3) is 0 Å². The Labute approximate surface area is 232 Å². The van der Waals surface area contributed by atoms with Crippen molar-refractivity contribution in [3.63, 3.8) is 0 Å². The van der Waals surface area contributed by atoms with Gasteiger partial charge in [-0.1, -0.05) is 104 Å². The van der Waals surface area contributed by atoms with E-state index in [4.69, 9.17) is 19.4 Å². The zero-order valence-electron chi connectivity index (χ0n) is 22.0. The van der Waals surface area contributed by atoms with Crippen LogP contribution in [0, 0.1) is 6.92 Å². The zero-order chi connectivity index (χ0) is 27.1. The van der Waals surface area contributed by atoms with Gasteiger partial charge in [-0.15, -0.1) is 0 Å². The van der Waals surface area contributed by atoms with Crippen LogP contribution in [0.2, 0.25) is 0 Å². The second-order valence-electron chi connectivity index (χ2n) is 9.81. The molecule has 0 fully saturated rings. The van der Waals surface area contributed by atoms with Gasteiger partial charge < -0.3 is 4.42 Å². The van der Waals surface area contributed by atoms with E-state index in [9.17, 15) is 0 Å². The topological polar surface area (TPSA) is 51.8 Å². The lowest BCUT2D eigenvalue weighted by molar-refractivity contribution is 0.669. The summed E-state index contributed by atoms with van der Waals surface area (Å²) in [4.78, 5) is 14.8. The van der Waals surface area contributed by atoms with E-state index in [1.54, 1.807) is 0 Å². The van der Waals surface area contributed by atoms with Gasteiger partial charge in [0.15, 0.2) is 17.5 Å². The van der Waals surface area contributed by atoms with Gasteiger partial charge in [-0.05, 0) is 53.4 Å². The number of nitrogens with zero attached hydrogens (tertiary/aromatic N) is 3. The molecule has 0 unspecified atom stereocenters. The van der Waals surface area contributed by atoms with Gasteiger partial charge in [-0.2, -0.15) is 0 Å². The van der Waals surface area contributed by atoms with Gasteiger partial charge in [0.2, 0.25) is 0 Å². The molecular weight excluding hydrogens is 490 g/mol. The van der Waals surface area contributed by atoms with E-state index in [-0.39, 0.29) is 0 Å². The van der Waals surface area contributed by atoms with E-state index < -0.39 is 0 Å². The van der Waals surface area contributed by atoms with Gasteiger partial charge in [-0.3, -0.25) is 0 Å². The predicted octanol–water partition coefficient (Wildman–Crippen LogP) is 9.39. The van der Waals surface area contributed by atoms with Gasteiger partial charge in [0.1, 0.15) is 11.2 Å². The third kappa shape index (κ3) is 4.16. The van der Waals surface area contributed by atoms with Crippen LogP contribution in [-0.4, -0.2) is 15.0 Å². The van der Waals surface area contributed by atoms with Crippen LogP contribution in [0.5, 0.6) is 0 Å². The molecule has 2 heterocycles. The van der Waals surface area contributed by atoms with E-state index in [0.717, 1.165) is 55.3 Å². The number of fused-ring (bicyclic) bond motifs is 3. The molecule has 0 atom stereocenters. The summed E-state index contributed by atoms with van der Waals surface area (Å²) >= 11 is 0. The van der Waals surface area contributed by atoms with Gasteiger partial charge in [0.05, 0.1) is 0 Å². The number of benzene rings is 5. The number of furan rings is 1. The molecule has 0 N–H and O–H groups in total. The van der Waals surface area contributed by atoms with Crippen molar-refractivity contribution in [2.24, 2.45) is 0 Å². The molecule has 0 bridgehead atoms. The van der Waals surface area contributed by atoms with Crippen LogP contribution in [0.4, 0.5) is 0 Å². The molecule has 0 spiro atoms. The molecule has 5 aromatic carbocycles. The largest absolute Gasteiger partial charge is 0.456 e. The number of aryl methyl sites for hydroxylation is 1. The summed E-state index contributed by atoms with van der Waals surface area (Å²) in [5.74, 6) is 1.87. The second-order valence-corrected chi connectivity index (χ2v) is 9.81. The normalized spacial score (nSPS) is 11.2. The van der Waals surface area contributed by atoms with Crippen LogP contribution in [-0.2, 0) is 0 Å². The minimum atomic E-state index is 0.607. The second kappa shape index (κ2) is 9.75. The van der Waals surface area contributed by atoms with E-state index in [2.05, 4.69) is 49.9 Å². The molecule has 4 nitrogen and oxygen atoms in total. The monoisotopic (exact) mass is 515 g/mol. The first-order chi connectivity index (χ1) is 19.7. The Kier molecular flexibility index (Phi) is 5.79. The van der Waals surface area contributed by atoms with Crippen LogP contribution in [0.15, 0.2) is 126 Å². The molecule has 0 aliphatic heterocycles. The van der Waals surface area contributed by atoms with E-state index in [1.165, 1.54) is 5.56 Å². The first-order valence-electron chi connectivity index (χ1n) is 13.2. The molecule has 190 valence electrons. The third-order valence-corrected chi connectivity index (χ3v) is 7.27. The number of hydrogen-bond acceptors (Lipinski definition) is 4. The summed E-state index contributed by atoms with van der Waals surface area (Å²) < 4.78 is 6.31. The molecule has 7 rings (SSSR count). The fourth-order valence-electron chi connectivity index (χ4n) is 5.16. The average Bonchev–Trinajstić information content (AvgIpc) is 3.40. The van der Waals surface area contributed by atoms with Crippen molar-refractivity contribution in [1.29, 1.82) is 0 Å². The lowest BCUT2D eigenvalue weighted by Crippen LogP contribution is -2.00. The smallest absolute Gasteiger partial charge is 0.164 e. The Morgan fingerprint density at radius 3 is 1.88 bits per heavy atom. The minimum Gasteiger partial charge on any atom is -0.456 e. The highest BCUT2D eigenvalue weighted by atomic mass is 16.3.